The Kier molecular flexibility index (Phi) is 6.76. The average Bonchev–Trinajstić information content (AvgIpc) is 3.25. The SMILES string of the molecule is COc1ccc(CCc2nnc(NC(=O)C3CCN(c4ccccc4F)CC3)s2)cc1. The Balaban J connectivity index is 1.26. The number of rotatable bonds is 7. The molecule has 1 aromatic heterocycles. The minimum atomic E-state index is -0.221. The quantitative estimate of drug-likeness (QED) is 0.592. The molecule has 0 bridgehead atoms. The third-order valence-electron chi connectivity index (χ3n) is 5.54. The van der Waals surface area contributed by atoms with Crippen molar-refractivity contribution < 1.29 is 13.9 Å². The van der Waals surface area contributed by atoms with Crippen molar-refractivity contribution in [3.8, 4) is 5.75 Å². The predicted octanol–water partition coefficient (Wildman–Crippen LogP) is 4.33. The summed E-state index contributed by atoms with van der Waals surface area (Å²) in [4.78, 5) is 14.7. The van der Waals surface area contributed by atoms with Gasteiger partial charge in [0.1, 0.15) is 16.6 Å². The molecule has 0 aliphatic carbocycles. The first-order chi connectivity index (χ1) is 15.1. The largest absolute Gasteiger partial charge is 0.497 e. The first-order valence-corrected chi connectivity index (χ1v) is 11.2. The van der Waals surface area contributed by atoms with Crippen LogP contribution < -0.4 is 15.0 Å². The number of anilines is 2. The van der Waals surface area contributed by atoms with Crippen LogP contribution in [0.5, 0.6) is 5.75 Å². The van der Waals surface area contributed by atoms with E-state index in [-0.39, 0.29) is 17.6 Å². The molecule has 0 saturated carbocycles. The first kappa shape index (κ1) is 21.2. The number of amides is 1. The molecule has 1 saturated heterocycles. The number of hydrogen-bond acceptors (Lipinski definition) is 6. The zero-order valence-electron chi connectivity index (χ0n) is 17.4. The molecule has 162 valence electrons. The normalized spacial score (nSPS) is 14.5. The summed E-state index contributed by atoms with van der Waals surface area (Å²) in [6, 6.07) is 14.7. The van der Waals surface area contributed by atoms with Gasteiger partial charge in [-0.1, -0.05) is 35.6 Å². The van der Waals surface area contributed by atoms with E-state index < -0.39 is 0 Å². The van der Waals surface area contributed by atoms with Crippen molar-refractivity contribution in [2.45, 2.75) is 25.7 Å². The van der Waals surface area contributed by atoms with Gasteiger partial charge < -0.3 is 15.0 Å². The van der Waals surface area contributed by atoms with E-state index in [4.69, 9.17) is 4.74 Å². The summed E-state index contributed by atoms with van der Waals surface area (Å²) in [5, 5.41) is 12.7. The molecule has 1 aliphatic rings. The summed E-state index contributed by atoms with van der Waals surface area (Å²) in [7, 11) is 1.65. The Morgan fingerprint density at radius 1 is 1.13 bits per heavy atom. The number of halogens is 1. The molecule has 6 nitrogen and oxygen atoms in total. The molecule has 4 rings (SSSR count). The van der Waals surface area contributed by atoms with Crippen LogP contribution >= 0.6 is 11.3 Å². The number of para-hydroxylation sites is 1. The maximum atomic E-state index is 14.0. The van der Waals surface area contributed by atoms with Gasteiger partial charge in [0.05, 0.1) is 12.8 Å². The molecule has 0 unspecified atom stereocenters. The molecule has 3 aromatic rings. The summed E-state index contributed by atoms with van der Waals surface area (Å²) in [6.45, 7) is 1.31. The number of piperidine rings is 1. The van der Waals surface area contributed by atoms with Gasteiger partial charge in [-0.2, -0.15) is 0 Å². The topological polar surface area (TPSA) is 67.4 Å². The van der Waals surface area contributed by atoms with Crippen LogP contribution in [0.2, 0.25) is 0 Å². The van der Waals surface area contributed by atoms with E-state index in [2.05, 4.69) is 15.5 Å². The van der Waals surface area contributed by atoms with E-state index in [1.54, 1.807) is 19.2 Å². The molecule has 1 fully saturated rings. The van der Waals surface area contributed by atoms with Gasteiger partial charge in [-0.05, 0) is 49.1 Å². The third-order valence-corrected chi connectivity index (χ3v) is 6.44. The van der Waals surface area contributed by atoms with Crippen LogP contribution in [0.4, 0.5) is 15.2 Å². The van der Waals surface area contributed by atoms with Crippen LogP contribution in [-0.4, -0.2) is 36.3 Å². The number of carbonyl (C=O) groups is 1. The fourth-order valence-corrected chi connectivity index (χ4v) is 4.49. The Bertz CT molecular complexity index is 1020. The van der Waals surface area contributed by atoms with Crippen molar-refractivity contribution in [2.24, 2.45) is 5.92 Å². The molecule has 2 aromatic carbocycles. The number of methoxy groups -OCH3 is 1. The van der Waals surface area contributed by atoms with Crippen molar-refractivity contribution >= 4 is 28.1 Å². The van der Waals surface area contributed by atoms with Crippen LogP contribution in [0.3, 0.4) is 0 Å². The second kappa shape index (κ2) is 9.87. The van der Waals surface area contributed by atoms with Crippen molar-refractivity contribution in [2.75, 3.05) is 30.4 Å². The van der Waals surface area contributed by atoms with Crippen molar-refractivity contribution in [3.05, 3.63) is 64.9 Å². The molecule has 1 N–H and O–H groups in total. The first-order valence-electron chi connectivity index (χ1n) is 10.4. The molecule has 2 heterocycles. The molecule has 1 amide bonds. The van der Waals surface area contributed by atoms with Crippen LogP contribution in [0, 0.1) is 11.7 Å². The number of hydrogen-bond donors (Lipinski definition) is 1. The zero-order chi connectivity index (χ0) is 21.6. The molecular formula is C23H25FN4O2S. The number of carbonyl (C=O) groups excluding carboxylic acids is 1. The lowest BCUT2D eigenvalue weighted by Crippen LogP contribution is -2.38. The number of nitrogens with zero attached hydrogens (tertiary/aromatic N) is 3. The van der Waals surface area contributed by atoms with Gasteiger partial charge in [-0.15, -0.1) is 10.2 Å². The van der Waals surface area contributed by atoms with Crippen LogP contribution in [0.15, 0.2) is 48.5 Å². The molecule has 1 aliphatic heterocycles. The van der Waals surface area contributed by atoms with E-state index >= 15 is 0 Å². The van der Waals surface area contributed by atoms with Gasteiger partial charge in [-0.25, -0.2) is 4.39 Å². The smallest absolute Gasteiger partial charge is 0.229 e. The predicted molar refractivity (Wildman–Crippen MR) is 120 cm³/mol. The minimum Gasteiger partial charge on any atom is -0.497 e. The molecule has 31 heavy (non-hydrogen) atoms. The van der Waals surface area contributed by atoms with E-state index in [1.807, 2.05) is 35.2 Å². The third kappa shape index (κ3) is 5.38. The van der Waals surface area contributed by atoms with Crippen molar-refractivity contribution in [1.82, 2.24) is 10.2 Å². The summed E-state index contributed by atoms with van der Waals surface area (Å²) in [5.74, 6) is 0.478. The lowest BCUT2D eigenvalue weighted by atomic mass is 9.95. The van der Waals surface area contributed by atoms with Gasteiger partial charge in [-0.3, -0.25) is 4.79 Å². The monoisotopic (exact) mass is 440 g/mol. The standard InChI is InChI=1S/C23H25FN4O2S/c1-30-18-9-6-16(7-10-18)8-11-21-26-27-23(31-21)25-22(29)17-12-14-28(15-13-17)20-5-3-2-4-19(20)24/h2-7,9-10,17H,8,11-15H2,1H3,(H,25,27,29). The lowest BCUT2D eigenvalue weighted by molar-refractivity contribution is -0.120. The van der Waals surface area contributed by atoms with Crippen LogP contribution in [-0.2, 0) is 17.6 Å². The van der Waals surface area contributed by atoms with Gasteiger partial charge in [0.2, 0.25) is 11.0 Å². The summed E-state index contributed by atoms with van der Waals surface area (Å²) in [5.41, 5.74) is 1.80. The number of benzene rings is 2. The second-order valence-corrected chi connectivity index (χ2v) is 8.61. The van der Waals surface area contributed by atoms with Gasteiger partial charge in [0.25, 0.3) is 0 Å². The van der Waals surface area contributed by atoms with E-state index in [0.29, 0.717) is 36.8 Å². The van der Waals surface area contributed by atoms with Gasteiger partial charge in [0, 0.05) is 25.4 Å². The molecule has 8 heteroatoms. The summed E-state index contributed by atoms with van der Waals surface area (Å²) >= 11 is 1.41. The van der Waals surface area contributed by atoms with Crippen molar-refractivity contribution in [1.29, 1.82) is 0 Å². The molecule has 0 atom stereocenters. The van der Waals surface area contributed by atoms with Gasteiger partial charge >= 0.3 is 0 Å². The maximum absolute atomic E-state index is 14.0. The average molecular weight is 441 g/mol. The highest BCUT2D eigenvalue weighted by Crippen LogP contribution is 2.27. The van der Waals surface area contributed by atoms with Crippen molar-refractivity contribution in [3.63, 3.8) is 0 Å². The lowest BCUT2D eigenvalue weighted by Gasteiger charge is -2.33. The molecular weight excluding hydrogens is 415 g/mol. The number of nitrogens with one attached hydrogen (secondary N) is 1. The summed E-state index contributed by atoms with van der Waals surface area (Å²) in [6.07, 6.45) is 2.98. The highest BCUT2D eigenvalue weighted by Gasteiger charge is 2.26. The number of aryl methyl sites for hydroxylation is 2. The zero-order valence-corrected chi connectivity index (χ0v) is 18.2. The van der Waals surface area contributed by atoms with Gasteiger partial charge in [0.15, 0.2) is 0 Å². The fraction of sp³-hybridized carbons (Fsp3) is 0.348. The Hall–Kier alpha value is -3.00. The Morgan fingerprint density at radius 3 is 2.58 bits per heavy atom. The van der Waals surface area contributed by atoms with E-state index in [9.17, 15) is 9.18 Å². The Labute approximate surface area is 185 Å². The maximum Gasteiger partial charge on any atom is 0.229 e. The Morgan fingerprint density at radius 2 is 1.87 bits per heavy atom. The van der Waals surface area contributed by atoms with E-state index in [0.717, 1.165) is 23.6 Å². The summed E-state index contributed by atoms with van der Waals surface area (Å²) < 4.78 is 19.2. The van der Waals surface area contributed by atoms with Crippen LogP contribution in [0.25, 0.3) is 0 Å². The number of aromatic nitrogens is 2. The molecule has 0 spiro atoms. The second-order valence-electron chi connectivity index (χ2n) is 7.55. The highest BCUT2D eigenvalue weighted by atomic mass is 32.1. The minimum absolute atomic E-state index is 0.0361. The fourth-order valence-electron chi connectivity index (χ4n) is 3.75. The number of ether oxygens (including phenoxy) is 1. The van der Waals surface area contributed by atoms with E-state index in [1.165, 1.54) is 23.0 Å². The highest BCUT2D eigenvalue weighted by molar-refractivity contribution is 7.15. The molecule has 0 radical (unpaired) electrons. The van der Waals surface area contributed by atoms with Crippen LogP contribution in [0.1, 0.15) is 23.4 Å².